The molecule has 4 nitrogen and oxygen atoms in total. The van der Waals surface area contributed by atoms with Gasteiger partial charge in [-0.15, -0.1) is 0 Å². The first kappa shape index (κ1) is 13.8. The van der Waals surface area contributed by atoms with Crippen molar-refractivity contribution >= 4 is 5.91 Å². The molecule has 0 radical (unpaired) electrons. The van der Waals surface area contributed by atoms with Crippen LogP contribution >= 0.6 is 0 Å². The number of hydrogen-bond acceptors (Lipinski definition) is 3. The molecule has 2 aliphatic heterocycles. The number of aliphatic hydroxyl groups is 1. The second kappa shape index (κ2) is 5.57. The maximum Gasteiger partial charge on any atom is 0.225 e. The lowest BCUT2D eigenvalue weighted by Crippen LogP contribution is -2.49. The third kappa shape index (κ3) is 3.23. The van der Waals surface area contributed by atoms with Gasteiger partial charge in [-0.2, -0.15) is 0 Å². The molecular weight excluding hydrogens is 228 g/mol. The molecule has 0 unspecified atom stereocenters. The van der Waals surface area contributed by atoms with Crippen LogP contribution in [0.4, 0.5) is 0 Å². The van der Waals surface area contributed by atoms with Crippen molar-refractivity contribution in [3.63, 3.8) is 0 Å². The van der Waals surface area contributed by atoms with Gasteiger partial charge < -0.3 is 14.9 Å². The van der Waals surface area contributed by atoms with Crippen LogP contribution in [0.3, 0.4) is 0 Å². The number of carbonyl (C=O) groups excluding carboxylic acids is 1. The Morgan fingerprint density at radius 1 is 1.17 bits per heavy atom. The van der Waals surface area contributed by atoms with Crippen LogP contribution in [-0.2, 0) is 4.79 Å². The average molecular weight is 254 g/mol. The highest BCUT2D eigenvalue weighted by Crippen LogP contribution is 2.28. The lowest BCUT2D eigenvalue weighted by molar-refractivity contribution is -0.137. The molecule has 18 heavy (non-hydrogen) atoms. The summed E-state index contributed by atoms with van der Waals surface area (Å²) in [4.78, 5) is 16.4. The molecule has 0 bridgehead atoms. The lowest BCUT2D eigenvalue weighted by atomic mass is 9.87. The Morgan fingerprint density at radius 2 is 1.72 bits per heavy atom. The van der Waals surface area contributed by atoms with Crippen molar-refractivity contribution in [1.82, 2.24) is 9.80 Å². The topological polar surface area (TPSA) is 43.8 Å². The summed E-state index contributed by atoms with van der Waals surface area (Å²) < 4.78 is 0. The van der Waals surface area contributed by atoms with Gasteiger partial charge in [-0.3, -0.25) is 4.79 Å². The summed E-state index contributed by atoms with van der Waals surface area (Å²) in [6.45, 7) is 7.93. The van der Waals surface area contributed by atoms with E-state index < -0.39 is 5.60 Å². The first-order chi connectivity index (χ1) is 8.50. The maximum absolute atomic E-state index is 12.1. The van der Waals surface area contributed by atoms with Crippen LogP contribution in [0.15, 0.2) is 0 Å². The number of piperidine rings is 1. The summed E-state index contributed by atoms with van der Waals surface area (Å²) in [5.41, 5.74) is -0.759. The smallest absolute Gasteiger partial charge is 0.225 e. The van der Waals surface area contributed by atoms with Crippen LogP contribution in [-0.4, -0.2) is 58.6 Å². The van der Waals surface area contributed by atoms with E-state index in [1.807, 2.05) is 4.90 Å². The first-order valence-electron chi connectivity index (χ1n) is 7.24. The van der Waals surface area contributed by atoms with Crippen molar-refractivity contribution in [3.8, 4) is 0 Å². The monoisotopic (exact) mass is 254 g/mol. The van der Waals surface area contributed by atoms with E-state index in [-0.39, 0.29) is 5.91 Å². The summed E-state index contributed by atoms with van der Waals surface area (Å²) in [6.07, 6.45) is 4.01. The van der Waals surface area contributed by atoms with E-state index in [1.165, 1.54) is 0 Å². The van der Waals surface area contributed by atoms with Gasteiger partial charge in [-0.25, -0.2) is 0 Å². The second-order valence-corrected chi connectivity index (χ2v) is 6.12. The fourth-order valence-electron chi connectivity index (χ4n) is 2.99. The highest BCUT2D eigenvalue weighted by molar-refractivity contribution is 5.77. The zero-order valence-electron chi connectivity index (χ0n) is 11.7. The van der Waals surface area contributed by atoms with Gasteiger partial charge in [0, 0.05) is 32.2 Å². The molecular formula is C14H26N2O2. The highest BCUT2D eigenvalue weighted by atomic mass is 16.3. The molecule has 1 N–H and O–H groups in total. The Labute approximate surface area is 110 Å². The summed E-state index contributed by atoms with van der Waals surface area (Å²) in [5.74, 6) is 0.146. The lowest BCUT2D eigenvalue weighted by Gasteiger charge is -2.40. The van der Waals surface area contributed by atoms with E-state index in [2.05, 4.69) is 18.7 Å². The van der Waals surface area contributed by atoms with E-state index >= 15 is 0 Å². The highest BCUT2D eigenvalue weighted by Gasteiger charge is 2.36. The molecule has 0 aromatic carbocycles. The molecule has 1 amide bonds. The van der Waals surface area contributed by atoms with E-state index in [0.29, 0.717) is 12.5 Å². The van der Waals surface area contributed by atoms with E-state index in [9.17, 15) is 9.90 Å². The van der Waals surface area contributed by atoms with Crippen molar-refractivity contribution in [1.29, 1.82) is 0 Å². The van der Waals surface area contributed by atoms with Gasteiger partial charge in [-0.05, 0) is 39.5 Å². The van der Waals surface area contributed by atoms with Crippen molar-refractivity contribution < 1.29 is 9.90 Å². The summed E-state index contributed by atoms with van der Waals surface area (Å²) in [7, 11) is 0. The van der Waals surface area contributed by atoms with Crippen LogP contribution in [0.25, 0.3) is 0 Å². The standard InChI is InChI=1S/C14H26N2O2/c1-12(2)15-9-5-14(18,6-10-15)11-13(17)16-7-3-4-8-16/h12,18H,3-11H2,1-2H3. The minimum atomic E-state index is -0.759. The molecule has 0 atom stereocenters. The Hall–Kier alpha value is -0.610. The Bertz CT molecular complexity index is 290. The average Bonchev–Trinajstić information content (AvgIpc) is 2.82. The van der Waals surface area contributed by atoms with Gasteiger partial charge >= 0.3 is 0 Å². The predicted molar refractivity (Wildman–Crippen MR) is 71.3 cm³/mol. The number of rotatable bonds is 3. The molecule has 0 aromatic heterocycles. The fraction of sp³-hybridized carbons (Fsp3) is 0.929. The van der Waals surface area contributed by atoms with Gasteiger partial charge in [0.2, 0.25) is 5.91 Å². The maximum atomic E-state index is 12.1. The molecule has 104 valence electrons. The number of carbonyl (C=O) groups is 1. The molecule has 0 spiro atoms. The number of nitrogens with zero attached hydrogens (tertiary/aromatic N) is 2. The van der Waals surface area contributed by atoms with Gasteiger partial charge in [0.25, 0.3) is 0 Å². The Balaban J connectivity index is 1.83. The quantitative estimate of drug-likeness (QED) is 0.824. The van der Waals surface area contributed by atoms with Crippen molar-refractivity contribution in [2.45, 2.75) is 57.6 Å². The zero-order valence-corrected chi connectivity index (χ0v) is 11.7. The summed E-state index contributed by atoms with van der Waals surface area (Å²) in [6, 6.07) is 0.531. The van der Waals surface area contributed by atoms with Gasteiger partial charge in [-0.1, -0.05) is 0 Å². The molecule has 2 saturated heterocycles. The van der Waals surface area contributed by atoms with Crippen LogP contribution < -0.4 is 0 Å². The van der Waals surface area contributed by atoms with Gasteiger partial charge in [0.05, 0.1) is 12.0 Å². The van der Waals surface area contributed by atoms with Crippen molar-refractivity contribution in [2.75, 3.05) is 26.2 Å². The third-order valence-corrected chi connectivity index (χ3v) is 4.40. The number of amides is 1. The molecule has 2 heterocycles. The van der Waals surface area contributed by atoms with Crippen LogP contribution in [0.5, 0.6) is 0 Å². The molecule has 2 aliphatic rings. The number of likely N-dealkylation sites (tertiary alicyclic amines) is 2. The molecule has 0 aliphatic carbocycles. The molecule has 0 saturated carbocycles. The van der Waals surface area contributed by atoms with E-state index in [0.717, 1.165) is 51.9 Å². The largest absolute Gasteiger partial charge is 0.389 e. The van der Waals surface area contributed by atoms with Crippen molar-refractivity contribution in [3.05, 3.63) is 0 Å². The minimum Gasteiger partial charge on any atom is -0.389 e. The molecule has 2 rings (SSSR count). The number of hydrogen-bond donors (Lipinski definition) is 1. The minimum absolute atomic E-state index is 0.146. The third-order valence-electron chi connectivity index (χ3n) is 4.40. The normalized spacial score (nSPS) is 24.8. The second-order valence-electron chi connectivity index (χ2n) is 6.12. The molecule has 2 fully saturated rings. The van der Waals surface area contributed by atoms with Crippen LogP contribution in [0.2, 0.25) is 0 Å². The summed E-state index contributed by atoms with van der Waals surface area (Å²) >= 11 is 0. The Kier molecular flexibility index (Phi) is 4.28. The summed E-state index contributed by atoms with van der Waals surface area (Å²) in [5, 5.41) is 10.5. The van der Waals surface area contributed by atoms with E-state index in [4.69, 9.17) is 0 Å². The Morgan fingerprint density at radius 3 is 2.22 bits per heavy atom. The van der Waals surface area contributed by atoms with Crippen LogP contribution in [0, 0.1) is 0 Å². The van der Waals surface area contributed by atoms with Gasteiger partial charge in [0.1, 0.15) is 0 Å². The van der Waals surface area contributed by atoms with Gasteiger partial charge in [0.15, 0.2) is 0 Å². The first-order valence-corrected chi connectivity index (χ1v) is 7.24. The fourth-order valence-corrected chi connectivity index (χ4v) is 2.99. The van der Waals surface area contributed by atoms with Crippen LogP contribution in [0.1, 0.15) is 46.0 Å². The predicted octanol–water partition coefficient (Wildman–Crippen LogP) is 1.23. The van der Waals surface area contributed by atoms with E-state index in [1.54, 1.807) is 0 Å². The SMILES string of the molecule is CC(C)N1CCC(O)(CC(=O)N2CCCC2)CC1. The zero-order chi connectivity index (χ0) is 13.2. The molecule has 0 aromatic rings. The van der Waals surface area contributed by atoms with Crippen molar-refractivity contribution in [2.24, 2.45) is 0 Å². The molecule has 4 heteroatoms.